The first-order valence-corrected chi connectivity index (χ1v) is 11.4. The van der Waals surface area contributed by atoms with Gasteiger partial charge in [-0.05, 0) is 50.0 Å². The van der Waals surface area contributed by atoms with Gasteiger partial charge in [-0.25, -0.2) is 9.78 Å². The number of nitrogens with one attached hydrogen (secondary N) is 3. The van der Waals surface area contributed by atoms with Crippen LogP contribution in [0.5, 0.6) is 5.88 Å². The summed E-state index contributed by atoms with van der Waals surface area (Å²) in [7, 11) is 0. The highest BCUT2D eigenvalue weighted by molar-refractivity contribution is 5.57. The van der Waals surface area contributed by atoms with Crippen molar-refractivity contribution >= 4 is 17.5 Å². The molecular formula is C22H29N7O3. The molecule has 0 amide bonds. The summed E-state index contributed by atoms with van der Waals surface area (Å²) in [5, 5.41) is 18.6. The van der Waals surface area contributed by atoms with E-state index in [1.165, 1.54) is 25.7 Å². The minimum Gasteiger partial charge on any atom is -0.493 e. The van der Waals surface area contributed by atoms with Gasteiger partial charge in [-0.2, -0.15) is 9.61 Å². The standard InChI is InChI=1S/C22H29N7O3/c30-21-17(26-22(31)28-21)9-16-13-25-29-19(24-12-15-4-5-15)10-18(27-20(16)29)23-11-14-3-1-2-7-32-8-6-14/h9-10,13-15,23,30H,1-8,11-12H2,(H2,26,28,31)/t14-/m0/s1. The summed E-state index contributed by atoms with van der Waals surface area (Å²) in [4.78, 5) is 26.0. The molecule has 3 aromatic rings. The maximum absolute atomic E-state index is 11.5. The molecule has 32 heavy (non-hydrogen) atoms. The van der Waals surface area contributed by atoms with Crippen molar-refractivity contribution < 1.29 is 9.84 Å². The smallest absolute Gasteiger partial charge is 0.326 e. The van der Waals surface area contributed by atoms with E-state index in [9.17, 15) is 9.90 Å². The van der Waals surface area contributed by atoms with Crippen molar-refractivity contribution in [3.63, 3.8) is 0 Å². The molecule has 1 saturated carbocycles. The molecule has 10 heteroatoms. The number of imidazole rings is 1. The van der Waals surface area contributed by atoms with Gasteiger partial charge in [-0.15, -0.1) is 0 Å². The Kier molecular flexibility index (Phi) is 5.93. The zero-order valence-electron chi connectivity index (χ0n) is 18.0. The van der Waals surface area contributed by atoms with Crippen LogP contribution in [0.3, 0.4) is 0 Å². The van der Waals surface area contributed by atoms with Crippen molar-refractivity contribution in [2.75, 3.05) is 31.6 Å². The molecule has 3 aromatic heterocycles. The first kappa shape index (κ1) is 20.7. The Morgan fingerprint density at radius 2 is 2.12 bits per heavy atom. The highest BCUT2D eigenvalue weighted by Gasteiger charge is 2.20. The first-order chi connectivity index (χ1) is 15.7. The van der Waals surface area contributed by atoms with E-state index < -0.39 is 5.69 Å². The van der Waals surface area contributed by atoms with Gasteiger partial charge in [-0.1, -0.05) is 6.42 Å². The summed E-state index contributed by atoms with van der Waals surface area (Å²) < 4.78 is 7.36. The molecule has 5 rings (SSSR count). The molecule has 4 N–H and O–H groups in total. The largest absolute Gasteiger partial charge is 0.493 e. The third-order valence-electron chi connectivity index (χ3n) is 6.12. The number of hydrogen-bond donors (Lipinski definition) is 4. The molecule has 1 atom stereocenters. The number of H-pyrrole nitrogens is 2. The number of aromatic amines is 2. The molecule has 0 spiro atoms. The molecule has 2 fully saturated rings. The van der Waals surface area contributed by atoms with Gasteiger partial charge in [0.1, 0.15) is 11.5 Å². The van der Waals surface area contributed by atoms with E-state index in [2.05, 4.69) is 20.4 Å². The molecule has 1 saturated heterocycles. The third-order valence-corrected chi connectivity index (χ3v) is 6.12. The van der Waals surface area contributed by atoms with Gasteiger partial charge in [0.05, 0.1) is 6.20 Å². The van der Waals surface area contributed by atoms with E-state index >= 15 is 0 Å². The minimum absolute atomic E-state index is 0.214. The lowest BCUT2D eigenvalue weighted by Crippen LogP contribution is -2.23. The number of ether oxygens (including phenoxy) is 1. The number of hydrogen-bond acceptors (Lipinski definition) is 7. The second-order valence-corrected chi connectivity index (χ2v) is 8.75. The third kappa shape index (κ3) is 4.85. The van der Waals surface area contributed by atoms with E-state index in [0.717, 1.165) is 50.5 Å². The Hall–Kier alpha value is -3.14. The highest BCUT2D eigenvalue weighted by Crippen LogP contribution is 2.28. The van der Waals surface area contributed by atoms with Crippen LogP contribution in [-0.4, -0.2) is 56.0 Å². The summed E-state index contributed by atoms with van der Waals surface area (Å²) in [6, 6.07) is 1.95. The molecular weight excluding hydrogens is 410 g/mol. The fourth-order valence-electron chi connectivity index (χ4n) is 4.03. The van der Waals surface area contributed by atoms with Crippen molar-refractivity contribution in [1.82, 2.24) is 24.6 Å². The fraction of sp³-hybridized carbons (Fsp3) is 0.545. The van der Waals surface area contributed by atoms with E-state index in [1.807, 2.05) is 6.07 Å². The molecule has 0 radical (unpaired) electrons. The SMILES string of the molecule is O=c1[nH]c(O)c(C=c2cnn3c(=NCC4CC4)cc(NC[C@H]4CCCCOCC4)nc23)[nH]1. The number of nitrogens with zero attached hydrogens (tertiary/aromatic N) is 4. The lowest BCUT2D eigenvalue weighted by molar-refractivity contribution is 0.102. The minimum atomic E-state index is -0.469. The van der Waals surface area contributed by atoms with Crippen LogP contribution in [0.25, 0.3) is 11.7 Å². The lowest BCUT2D eigenvalue weighted by Gasteiger charge is -2.20. The Labute approximate surface area is 184 Å². The molecule has 10 nitrogen and oxygen atoms in total. The second kappa shape index (κ2) is 9.15. The maximum Gasteiger partial charge on any atom is 0.326 e. The molecule has 0 unspecified atom stereocenters. The van der Waals surface area contributed by atoms with Gasteiger partial charge in [0.15, 0.2) is 11.1 Å². The Morgan fingerprint density at radius 3 is 2.94 bits per heavy atom. The summed E-state index contributed by atoms with van der Waals surface area (Å²) >= 11 is 0. The Morgan fingerprint density at radius 1 is 1.22 bits per heavy atom. The van der Waals surface area contributed by atoms with E-state index in [-0.39, 0.29) is 11.6 Å². The van der Waals surface area contributed by atoms with Gasteiger partial charge in [0, 0.05) is 37.6 Å². The molecule has 0 bridgehead atoms. The second-order valence-electron chi connectivity index (χ2n) is 8.75. The van der Waals surface area contributed by atoms with Crippen LogP contribution in [-0.2, 0) is 4.74 Å². The van der Waals surface area contributed by atoms with Gasteiger partial charge in [-0.3, -0.25) is 9.98 Å². The Balaban J connectivity index is 1.48. The summed E-state index contributed by atoms with van der Waals surface area (Å²) in [5.74, 6) is 1.73. The fourth-order valence-corrected chi connectivity index (χ4v) is 4.03. The average molecular weight is 440 g/mol. The van der Waals surface area contributed by atoms with Crippen LogP contribution in [0.1, 0.15) is 44.2 Å². The van der Waals surface area contributed by atoms with Gasteiger partial charge in [0.25, 0.3) is 0 Å². The number of fused-ring (bicyclic) bond motifs is 1. The number of aromatic nitrogens is 5. The van der Waals surface area contributed by atoms with Crippen LogP contribution in [0.2, 0.25) is 0 Å². The van der Waals surface area contributed by atoms with Crippen molar-refractivity contribution in [3.05, 3.63) is 39.1 Å². The van der Waals surface area contributed by atoms with Crippen LogP contribution < -0.4 is 21.7 Å². The predicted octanol–water partition coefficient (Wildman–Crippen LogP) is 0.928. The van der Waals surface area contributed by atoms with E-state index in [0.29, 0.717) is 22.7 Å². The zero-order valence-corrected chi connectivity index (χ0v) is 18.0. The highest BCUT2D eigenvalue weighted by atomic mass is 16.5. The number of anilines is 1. The monoisotopic (exact) mass is 439 g/mol. The summed E-state index contributed by atoms with van der Waals surface area (Å²) in [6.07, 6.45) is 10.3. The van der Waals surface area contributed by atoms with Crippen LogP contribution in [0.4, 0.5) is 5.82 Å². The topological polar surface area (TPSA) is 133 Å². The van der Waals surface area contributed by atoms with Gasteiger partial charge in [0.2, 0.25) is 5.88 Å². The first-order valence-electron chi connectivity index (χ1n) is 11.4. The predicted molar refractivity (Wildman–Crippen MR) is 119 cm³/mol. The van der Waals surface area contributed by atoms with E-state index in [1.54, 1.807) is 16.8 Å². The van der Waals surface area contributed by atoms with Crippen molar-refractivity contribution in [2.24, 2.45) is 16.8 Å². The summed E-state index contributed by atoms with van der Waals surface area (Å²) in [6.45, 7) is 3.28. The lowest BCUT2D eigenvalue weighted by atomic mass is 9.98. The van der Waals surface area contributed by atoms with Crippen LogP contribution >= 0.6 is 0 Å². The molecule has 2 aliphatic rings. The molecule has 1 aliphatic heterocycles. The van der Waals surface area contributed by atoms with Crippen molar-refractivity contribution in [3.8, 4) is 5.88 Å². The molecule has 0 aromatic carbocycles. The molecule has 1 aliphatic carbocycles. The van der Waals surface area contributed by atoms with Crippen molar-refractivity contribution in [1.29, 1.82) is 0 Å². The number of rotatable bonds is 6. The maximum atomic E-state index is 11.5. The van der Waals surface area contributed by atoms with Crippen LogP contribution in [0.15, 0.2) is 22.1 Å². The normalized spacial score (nSPS) is 21.1. The van der Waals surface area contributed by atoms with Gasteiger partial charge < -0.3 is 20.1 Å². The quantitative estimate of drug-likeness (QED) is 0.452. The number of aromatic hydroxyl groups is 1. The molecule has 4 heterocycles. The van der Waals surface area contributed by atoms with Crippen molar-refractivity contribution in [2.45, 2.75) is 38.5 Å². The average Bonchev–Trinajstić information content (AvgIpc) is 3.42. The van der Waals surface area contributed by atoms with Crippen LogP contribution in [0, 0.1) is 11.8 Å². The zero-order chi connectivity index (χ0) is 21.9. The van der Waals surface area contributed by atoms with Gasteiger partial charge >= 0.3 is 5.69 Å². The summed E-state index contributed by atoms with van der Waals surface area (Å²) in [5.41, 5.74) is 1.18. The Bertz CT molecular complexity index is 1250. The van der Waals surface area contributed by atoms with E-state index in [4.69, 9.17) is 14.7 Å². The molecule has 170 valence electrons.